The van der Waals surface area contributed by atoms with Crippen molar-refractivity contribution >= 4 is 44.6 Å². The highest BCUT2D eigenvalue weighted by atomic mass is 35.5. The van der Waals surface area contributed by atoms with E-state index in [2.05, 4.69) is 5.32 Å². The molecule has 1 saturated heterocycles. The number of para-hydroxylation sites is 1. The summed E-state index contributed by atoms with van der Waals surface area (Å²) in [6.45, 7) is 2.12. The van der Waals surface area contributed by atoms with Gasteiger partial charge in [-0.15, -0.1) is 11.3 Å². The van der Waals surface area contributed by atoms with Gasteiger partial charge in [-0.2, -0.15) is 17.5 Å². The third kappa shape index (κ3) is 4.99. The van der Waals surface area contributed by atoms with Crippen molar-refractivity contribution in [2.45, 2.75) is 30.2 Å². The Morgan fingerprint density at radius 3 is 2.40 bits per heavy atom. The van der Waals surface area contributed by atoms with Gasteiger partial charge in [-0.25, -0.2) is 8.42 Å². The summed E-state index contributed by atoms with van der Waals surface area (Å²) < 4.78 is 66.6. The zero-order valence-electron chi connectivity index (χ0n) is 15.9. The highest BCUT2D eigenvalue weighted by Gasteiger charge is 2.36. The van der Waals surface area contributed by atoms with Gasteiger partial charge in [0.2, 0.25) is 5.91 Å². The van der Waals surface area contributed by atoms with Gasteiger partial charge < -0.3 is 5.32 Å². The molecule has 1 unspecified atom stereocenters. The highest BCUT2D eigenvalue weighted by molar-refractivity contribution is 7.91. The number of benzene rings is 1. The standard InChI is InChI=1S/C19H20ClF3N2O3S2/c1-12(18(26)24-15-5-3-2-4-14(15)19(21,22)23)13-8-10-25(11-9-13)30(27,28)17-7-6-16(20)29-17/h2-7,12-13H,8-11H2,1H3,(H,24,26). The van der Waals surface area contributed by atoms with Crippen molar-refractivity contribution in [1.29, 1.82) is 0 Å². The first-order chi connectivity index (χ1) is 14.0. The summed E-state index contributed by atoms with van der Waals surface area (Å²) in [6.07, 6.45) is -3.70. The summed E-state index contributed by atoms with van der Waals surface area (Å²) in [5, 5.41) is 2.38. The molecule has 2 heterocycles. The minimum Gasteiger partial charge on any atom is -0.325 e. The molecule has 3 rings (SSSR count). The van der Waals surface area contributed by atoms with Crippen LogP contribution in [-0.4, -0.2) is 31.7 Å². The summed E-state index contributed by atoms with van der Waals surface area (Å²) in [4.78, 5) is 12.6. The van der Waals surface area contributed by atoms with Gasteiger partial charge in [-0.05, 0) is 43.0 Å². The third-order valence-corrected chi connectivity index (χ3v) is 8.85. The van der Waals surface area contributed by atoms with Crippen molar-refractivity contribution in [1.82, 2.24) is 4.31 Å². The fourth-order valence-corrected chi connectivity index (χ4v) is 6.59. The molecule has 0 saturated carbocycles. The number of anilines is 1. The highest BCUT2D eigenvalue weighted by Crippen LogP contribution is 2.36. The van der Waals surface area contributed by atoms with E-state index < -0.39 is 33.6 Å². The summed E-state index contributed by atoms with van der Waals surface area (Å²) >= 11 is 6.82. The molecule has 1 N–H and O–H groups in total. The molecule has 1 aliphatic heterocycles. The van der Waals surface area contributed by atoms with E-state index in [-0.39, 0.29) is 28.9 Å². The average Bonchev–Trinajstić information content (AvgIpc) is 3.14. The molecule has 1 fully saturated rings. The van der Waals surface area contributed by atoms with Gasteiger partial charge in [0.05, 0.1) is 15.6 Å². The lowest BCUT2D eigenvalue weighted by atomic mass is 9.85. The number of nitrogens with one attached hydrogen (secondary N) is 1. The van der Waals surface area contributed by atoms with Crippen molar-refractivity contribution in [2.75, 3.05) is 18.4 Å². The first-order valence-corrected chi connectivity index (χ1v) is 11.9. The molecule has 1 aliphatic rings. The Kier molecular flexibility index (Phi) is 6.81. The molecule has 30 heavy (non-hydrogen) atoms. The van der Waals surface area contributed by atoms with Crippen molar-refractivity contribution in [3.63, 3.8) is 0 Å². The molecule has 1 aromatic heterocycles. The van der Waals surface area contributed by atoms with Gasteiger partial charge in [0, 0.05) is 19.0 Å². The summed E-state index contributed by atoms with van der Waals surface area (Å²) in [6, 6.07) is 7.81. The van der Waals surface area contributed by atoms with Crippen LogP contribution in [0, 0.1) is 11.8 Å². The van der Waals surface area contributed by atoms with Gasteiger partial charge >= 0.3 is 6.18 Å². The van der Waals surface area contributed by atoms with E-state index >= 15 is 0 Å². The SMILES string of the molecule is CC(C(=O)Nc1ccccc1C(F)(F)F)C1CCN(S(=O)(=O)c2ccc(Cl)s2)CC1. The second-order valence-corrected chi connectivity index (χ2v) is 11.0. The lowest BCUT2D eigenvalue weighted by Crippen LogP contribution is -2.41. The zero-order chi connectivity index (χ0) is 22.1. The van der Waals surface area contributed by atoms with Gasteiger partial charge in [0.1, 0.15) is 4.21 Å². The van der Waals surface area contributed by atoms with E-state index in [0.29, 0.717) is 17.2 Å². The third-order valence-electron chi connectivity index (χ3n) is 5.25. The number of hydrogen-bond donors (Lipinski definition) is 1. The molecule has 0 radical (unpaired) electrons. The van der Waals surface area contributed by atoms with Crippen LogP contribution < -0.4 is 5.32 Å². The van der Waals surface area contributed by atoms with E-state index in [4.69, 9.17) is 11.6 Å². The van der Waals surface area contributed by atoms with E-state index in [9.17, 15) is 26.4 Å². The Hall–Kier alpha value is -1.62. The maximum absolute atomic E-state index is 13.1. The number of amides is 1. The van der Waals surface area contributed by atoms with Crippen LogP contribution in [0.4, 0.5) is 18.9 Å². The summed E-state index contributed by atoms with van der Waals surface area (Å²) in [5.41, 5.74) is -1.18. The molecule has 0 bridgehead atoms. The van der Waals surface area contributed by atoms with Crippen molar-refractivity contribution in [3.8, 4) is 0 Å². The van der Waals surface area contributed by atoms with Gasteiger partial charge in [-0.1, -0.05) is 30.7 Å². The van der Waals surface area contributed by atoms with E-state index in [0.717, 1.165) is 17.4 Å². The predicted molar refractivity (Wildman–Crippen MR) is 110 cm³/mol. The number of halogens is 4. The predicted octanol–water partition coefficient (Wildman–Crippen LogP) is 5.10. The summed E-state index contributed by atoms with van der Waals surface area (Å²) in [7, 11) is -3.64. The van der Waals surface area contributed by atoms with Crippen molar-refractivity contribution < 1.29 is 26.4 Å². The van der Waals surface area contributed by atoms with E-state index in [1.54, 1.807) is 6.92 Å². The normalized spacial score (nSPS) is 17.6. The van der Waals surface area contributed by atoms with Crippen molar-refractivity contribution in [2.24, 2.45) is 11.8 Å². The molecular weight excluding hydrogens is 461 g/mol. The van der Waals surface area contributed by atoms with Crippen molar-refractivity contribution in [3.05, 3.63) is 46.3 Å². The van der Waals surface area contributed by atoms with Gasteiger partial charge in [-0.3, -0.25) is 4.79 Å². The van der Waals surface area contributed by atoms with Crippen LogP contribution in [0.15, 0.2) is 40.6 Å². The molecule has 0 spiro atoms. The average molecular weight is 481 g/mol. The quantitative estimate of drug-likeness (QED) is 0.647. The van der Waals surface area contributed by atoms with Crippen LogP contribution >= 0.6 is 22.9 Å². The second-order valence-electron chi connectivity index (χ2n) is 7.12. The molecule has 1 aromatic carbocycles. The van der Waals surface area contributed by atoms with Crippen LogP contribution in [0.3, 0.4) is 0 Å². The Labute approximate surface area is 181 Å². The number of alkyl halides is 3. The fraction of sp³-hybridized carbons (Fsp3) is 0.421. The topological polar surface area (TPSA) is 66.5 Å². The van der Waals surface area contributed by atoms with Crippen LogP contribution in [0.1, 0.15) is 25.3 Å². The molecule has 11 heteroatoms. The monoisotopic (exact) mass is 480 g/mol. The lowest BCUT2D eigenvalue weighted by molar-refractivity contribution is -0.137. The molecule has 5 nitrogen and oxygen atoms in total. The first-order valence-electron chi connectivity index (χ1n) is 9.22. The molecule has 2 aromatic rings. The van der Waals surface area contributed by atoms with Gasteiger partial charge in [0.25, 0.3) is 10.0 Å². The molecule has 164 valence electrons. The van der Waals surface area contributed by atoms with Crippen LogP contribution in [0.2, 0.25) is 4.34 Å². The number of piperidine rings is 1. The largest absolute Gasteiger partial charge is 0.418 e. The Morgan fingerprint density at radius 2 is 1.83 bits per heavy atom. The number of thiophene rings is 1. The number of nitrogens with zero attached hydrogens (tertiary/aromatic N) is 1. The Morgan fingerprint density at radius 1 is 1.20 bits per heavy atom. The molecular formula is C19H20ClF3N2O3S2. The number of sulfonamides is 1. The molecule has 1 amide bonds. The fourth-order valence-electron chi connectivity index (χ4n) is 3.48. The number of carbonyl (C=O) groups is 1. The summed E-state index contributed by atoms with van der Waals surface area (Å²) in [5.74, 6) is -1.22. The van der Waals surface area contributed by atoms with Crippen LogP contribution in [0.25, 0.3) is 0 Å². The van der Waals surface area contributed by atoms with E-state index in [1.807, 2.05) is 0 Å². The second kappa shape index (κ2) is 8.86. The Bertz CT molecular complexity index is 1020. The maximum atomic E-state index is 13.1. The number of hydrogen-bond acceptors (Lipinski definition) is 4. The first kappa shape index (κ1) is 23.1. The minimum atomic E-state index is -4.57. The zero-order valence-corrected chi connectivity index (χ0v) is 18.3. The smallest absolute Gasteiger partial charge is 0.325 e. The lowest BCUT2D eigenvalue weighted by Gasteiger charge is -2.33. The van der Waals surface area contributed by atoms with Gasteiger partial charge in [0.15, 0.2) is 0 Å². The number of rotatable bonds is 5. The Balaban J connectivity index is 1.63. The van der Waals surface area contributed by atoms with Crippen LogP contribution in [-0.2, 0) is 21.0 Å². The number of carbonyl (C=O) groups excluding carboxylic acids is 1. The minimum absolute atomic E-state index is 0.138. The van der Waals surface area contributed by atoms with E-state index in [1.165, 1.54) is 34.6 Å². The molecule has 0 aliphatic carbocycles. The van der Waals surface area contributed by atoms with Crippen LogP contribution in [0.5, 0.6) is 0 Å². The maximum Gasteiger partial charge on any atom is 0.418 e. The molecule has 1 atom stereocenters.